The van der Waals surface area contributed by atoms with Crippen molar-refractivity contribution >= 4 is 15.9 Å². The SMILES string of the molecule is OCc1cc(F)ccc1OCc1ccc(F)cc1Br. The van der Waals surface area contributed by atoms with Crippen molar-refractivity contribution in [1.82, 2.24) is 0 Å². The summed E-state index contributed by atoms with van der Waals surface area (Å²) in [4.78, 5) is 0. The van der Waals surface area contributed by atoms with Gasteiger partial charge in [0.1, 0.15) is 24.0 Å². The lowest BCUT2D eigenvalue weighted by Crippen LogP contribution is -2.00. The first kappa shape index (κ1) is 14.0. The van der Waals surface area contributed by atoms with Crippen LogP contribution in [0.15, 0.2) is 40.9 Å². The predicted octanol–water partition coefficient (Wildman–Crippen LogP) is 3.80. The molecule has 0 radical (unpaired) electrons. The Labute approximate surface area is 117 Å². The fourth-order valence-electron chi connectivity index (χ4n) is 1.61. The van der Waals surface area contributed by atoms with E-state index in [9.17, 15) is 8.78 Å². The third kappa shape index (κ3) is 3.52. The van der Waals surface area contributed by atoms with Gasteiger partial charge >= 0.3 is 0 Å². The lowest BCUT2D eigenvalue weighted by Gasteiger charge is -2.11. The normalized spacial score (nSPS) is 10.5. The monoisotopic (exact) mass is 328 g/mol. The van der Waals surface area contributed by atoms with Gasteiger partial charge in [-0.05, 0) is 30.3 Å². The lowest BCUT2D eigenvalue weighted by molar-refractivity contribution is 0.258. The van der Waals surface area contributed by atoms with Crippen LogP contribution >= 0.6 is 15.9 Å². The van der Waals surface area contributed by atoms with Gasteiger partial charge in [0.25, 0.3) is 0 Å². The summed E-state index contributed by atoms with van der Waals surface area (Å²) in [5.41, 5.74) is 1.13. The molecule has 0 heterocycles. The molecule has 0 aliphatic rings. The molecule has 1 N–H and O–H groups in total. The van der Waals surface area contributed by atoms with Gasteiger partial charge in [0, 0.05) is 15.6 Å². The van der Waals surface area contributed by atoms with Crippen LogP contribution < -0.4 is 4.74 Å². The Hall–Kier alpha value is -1.46. The van der Waals surface area contributed by atoms with E-state index in [4.69, 9.17) is 9.84 Å². The molecule has 0 spiro atoms. The number of halogens is 3. The molecule has 0 saturated heterocycles. The summed E-state index contributed by atoms with van der Waals surface area (Å²) in [5, 5.41) is 9.13. The van der Waals surface area contributed by atoms with Gasteiger partial charge in [-0.3, -0.25) is 0 Å². The van der Waals surface area contributed by atoms with Crippen molar-refractivity contribution in [2.45, 2.75) is 13.2 Å². The number of hydrogen-bond donors (Lipinski definition) is 1. The van der Waals surface area contributed by atoms with E-state index in [1.807, 2.05) is 0 Å². The molecule has 5 heteroatoms. The van der Waals surface area contributed by atoms with Crippen molar-refractivity contribution in [3.63, 3.8) is 0 Å². The van der Waals surface area contributed by atoms with E-state index < -0.39 is 5.82 Å². The zero-order valence-electron chi connectivity index (χ0n) is 9.87. The van der Waals surface area contributed by atoms with Gasteiger partial charge in [-0.1, -0.05) is 22.0 Å². The van der Waals surface area contributed by atoms with Crippen LogP contribution in [0.25, 0.3) is 0 Å². The first-order valence-electron chi connectivity index (χ1n) is 5.56. The molecule has 2 nitrogen and oxygen atoms in total. The van der Waals surface area contributed by atoms with Crippen LogP contribution in [0.3, 0.4) is 0 Å². The van der Waals surface area contributed by atoms with Gasteiger partial charge in [0.05, 0.1) is 6.61 Å². The lowest BCUT2D eigenvalue weighted by atomic mass is 10.2. The maximum atomic E-state index is 13.0. The number of benzene rings is 2. The van der Waals surface area contributed by atoms with Crippen molar-refractivity contribution in [3.8, 4) is 5.75 Å². The largest absolute Gasteiger partial charge is 0.488 e. The standard InChI is InChI=1S/C14H11BrF2O2/c15-13-6-12(17)2-1-9(13)8-19-14-4-3-11(16)5-10(14)7-18/h1-6,18H,7-8H2. The number of aliphatic hydroxyl groups excluding tert-OH is 1. The van der Waals surface area contributed by atoms with E-state index in [0.29, 0.717) is 15.8 Å². The minimum Gasteiger partial charge on any atom is -0.488 e. The van der Waals surface area contributed by atoms with Crippen LogP contribution in [0.1, 0.15) is 11.1 Å². The summed E-state index contributed by atoms with van der Waals surface area (Å²) < 4.78 is 32.0. The first-order valence-corrected chi connectivity index (χ1v) is 6.35. The number of aliphatic hydroxyl groups is 1. The molecule has 2 aromatic carbocycles. The molecule has 19 heavy (non-hydrogen) atoms. The first-order chi connectivity index (χ1) is 9.10. The Morgan fingerprint density at radius 3 is 2.37 bits per heavy atom. The van der Waals surface area contributed by atoms with Gasteiger partial charge in [0.15, 0.2) is 0 Å². The molecule has 2 aromatic rings. The third-order valence-corrected chi connectivity index (χ3v) is 3.33. The Balaban J connectivity index is 2.14. The van der Waals surface area contributed by atoms with E-state index in [2.05, 4.69) is 15.9 Å². The Bertz CT molecular complexity index is 588. The van der Waals surface area contributed by atoms with Gasteiger partial charge in [-0.25, -0.2) is 8.78 Å². The van der Waals surface area contributed by atoms with Gasteiger partial charge in [-0.15, -0.1) is 0 Å². The Morgan fingerprint density at radius 1 is 1.00 bits per heavy atom. The molecule has 0 unspecified atom stereocenters. The second-order valence-electron chi connectivity index (χ2n) is 3.93. The average molecular weight is 329 g/mol. The molecule has 0 bridgehead atoms. The summed E-state index contributed by atoms with van der Waals surface area (Å²) >= 11 is 3.24. The summed E-state index contributed by atoms with van der Waals surface area (Å²) in [7, 11) is 0. The minimum atomic E-state index is -0.431. The predicted molar refractivity (Wildman–Crippen MR) is 70.8 cm³/mol. The third-order valence-electron chi connectivity index (χ3n) is 2.59. The molecule has 0 fully saturated rings. The van der Waals surface area contributed by atoms with Gasteiger partial charge in [-0.2, -0.15) is 0 Å². The molecule has 2 rings (SSSR count). The van der Waals surface area contributed by atoms with Crippen LogP contribution in [0.4, 0.5) is 8.78 Å². The Morgan fingerprint density at radius 2 is 1.68 bits per heavy atom. The van der Waals surface area contributed by atoms with Crippen LogP contribution in [0.2, 0.25) is 0 Å². The summed E-state index contributed by atoms with van der Waals surface area (Å²) in [6, 6.07) is 8.21. The fraction of sp³-hybridized carbons (Fsp3) is 0.143. The minimum absolute atomic E-state index is 0.194. The molecule has 100 valence electrons. The molecule has 0 amide bonds. The van der Waals surface area contributed by atoms with Crippen molar-refractivity contribution < 1.29 is 18.6 Å². The van der Waals surface area contributed by atoms with E-state index >= 15 is 0 Å². The maximum absolute atomic E-state index is 13.0. The molecule has 0 aliphatic carbocycles. The molecule has 0 aromatic heterocycles. The molecule has 0 saturated carbocycles. The van der Waals surface area contributed by atoms with Gasteiger partial charge in [0.2, 0.25) is 0 Å². The second kappa shape index (κ2) is 6.12. The highest BCUT2D eigenvalue weighted by molar-refractivity contribution is 9.10. The van der Waals surface area contributed by atoms with E-state index in [1.54, 1.807) is 6.07 Å². The average Bonchev–Trinajstić information content (AvgIpc) is 2.39. The zero-order valence-corrected chi connectivity index (χ0v) is 11.5. The van der Waals surface area contributed by atoms with E-state index in [0.717, 1.165) is 5.56 Å². The van der Waals surface area contributed by atoms with Crippen LogP contribution in [-0.2, 0) is 13.2 Å². The topological polar surface area (TPSA) is 29.5 Å². The number of ether oxygens (including phenoxy) is 1. The fourth-order valence-corrected chi connectivity index (χ4v) is 2.07. The maximum Gasteiger partial charge on any atom is 0.125 e. The van der Waals surface area contributed by atoms with Crippen LogP contribution in [-0.4, -0.2) is 5.11 Å². The van der Waals surface area contributed by atoms with Crippen molar-refractivity contribution in [3.05, 3.63) is 63.6 Å². The zero-order chi connectivity index (χ0) is 13.8. The van der Waals surface area contributed by atoms with Crippen molar-refractivity contribution in [2.75, 3.05) is 0 Å². The molecule has 0 aliphatic heterocycles. The van der Waals surface area contributed by atoms with Gasteiger partial charge < -0.3 is 9.84 Å². The quantitative estimate of drug-likeness (QED) is 0.925. The van der Waals surface area contributed by atoms with E-state index in [1.165, 1.54) is 30.3 Å². The number of rotatable bonds is 4. The summed E-state index contributed by atoms with van der Waals surface area (Å²) in [6.07, 6.45) is 0. The second-order valence-corrected chi connectivity index (χ2v) is 4.79. The van der Waals surface area contributed by atoms with Crippen LogP contribution in [0.5, 0.6) is 5.75 Å². The van der Waals surface area contributed by atoms with E-state index in [-0.39, 0.29) is 19.0 Å². The molecular weight excluding hydrogens is 318 g/mol. The highest BCUT2D eigenvalue weighted by Gasteiger charge is 2.07. The summed E-state index contributed by atoms with van der Waals surface area (Å²) in [5.74, 6) is -0.368. The molecular formula is C14H11BrF2O2. The smallest absolute Gasteiger partial charge is 0.125 e. The highest BCUT2D eigenvalue weighted by Crippen LogP contribution is 2.23. The Kier molecular flexibility index (Phi) is 4.50. The van der Waals surface area contributed by atoms with Crippen LogP contribution in [0, 0.1) is 11.6 Å². The highest BCUT2D eigenvalue weighted by atomic mass is 79.9. The summed E-state index contributed by atoms with van der Waals surface area (Å²) in [6.45, 7) is -0.114. The van der Waals surface area contributed by atoms with Crippen molar-refractivity contribution in [1.29, 1.82) is 0 Å². The molecule has 0 atom stereocenters. The van der Waals surface area contributed by atoms with Crippen molar-refractivity contribution in [2.24, 2.45) is 0 Å². The number of hydrogen-bond acceptors (Lipinski definition) is 2.